The standard InChI is InChI=1S/C7H6N2.C5H12.2C2H6/c1-2-4-7-6(3-1)5-8-9-7;1-5(2,3)4;2*1-2/h1-5H,(H,8,9);1-4H3;2*1-2H3. The van der Waals surface area contributed by atoms with Gasteiger partial charge in [-0.1, -0.05) is 73.6 Å². The van der Waals surface area contributed by atoms with Crippen LogP contribution in [0.25, 0.3) is 10.9 Å². The smallest absolute Gasteiger partial charge is 0.0650 e. The molecule has 2 rings (SSSR count). The van der Waals surface area contributed by atoms with Crippen molar-refractivity contribution in [3.8, 4) is 0 Å². The Balaban J connectivity index is 0. The van der Waals surface area contributed by atoms with Crippen LogP contribution in [-0.4, -0.2) is 10.2 Å². The molecule has 1 aromatic heterocycles. The molecule has 1 heterocycles. The van der Waals surface area contributed by atoms with Gasteiger partial charge in [0.1, 0.15) is 0 Å². The number of hydrogen-bond donors (Lipinski definition) is 1. The van der Waals surface area contributed by atoms with E-state index < -0.39 is 0 Å². The molecule has 0 bridgehead atoms. The topological polar surface area (TPSA) is 28.7 Å². The van der Waals surface area contributed by atoms with Gasteiger partial charge in [-0.15, -0.1) is 0 Å². The Labute approximate surface area is 113 Å². The zero-order chi connectivity index (χ0) is 14.6. The van der Waals surface area contributed by atoms with Gasteiger partial charge in [0.2, 0.25) is 0 Å². The first kappa shape index (κ1) is 19.0. The molecule has 0 spiro atoms. The van der Waals surface area contributed by atoms with Crippen molar-refractivity contribution in [2.24, 2.45) is 5.41 Å². The van der Waals surface area contributed by atoms with Crippen LogP contribution in [0, 0.1) is 5.41 Å². The first-order valence-corrected chi connectivity index (χ1v) is 6.85. The number of benzene rings is 1. The highest BCUT2D eigenvalue weighted by Crippen LogP contribution is 2.08. The predicted molar refractivity (Wildman–Crippen MR) is 83.9 cm³/mol. The molecule has 0 saturated carbocycles. The van der Waals surface area contributed by atoms with E-state index in [1.165, 1.54) is 0 Å². The number of rotatable bonds is 0. The number of fused-ring (bicyclic) bond motifs is 1. The molecule has 0 unspecified atom stereocenters. The van der Waals surface area contributed by atoms with Crippen molar-refractivity contribution in [2.45, 2.75) is 55.4 Å². The second-order valence-corrected chi connectivity index (χ2v) is 4.96. The van der Waals surface area contributed by atoms with E-state index in [9.17, 15) is 0 Å². The molecule has 0 aliphatic carbocycles. The highest BCUT2D eigenvalue weighted by atomic mass is 15.1. The summed E-state index contributed by atoms with van der Waals surface area (Å²) in [6.45, 7) is 16.8. The first-order chi connectivity index (χ1) is 8.47. The van der Waals surface area contributed by atoms with E-state index in [1.807, 2.05) is 58.2 Å². The summed E-state index contributed by atoms with van der Waals surface area (Å²) in [4.78, 5) is 0. The summed E-state index contributed by atoms with van der Waals surface area (Å²) >= 11 is 0. The van der Waals surface area contributed by atoms with Gasteiger partial charge < -0.3 is 0 Å². The Morgan fingerprint density at radius 2 is 1.33 bits per heavy atom. The maximum Gasteiger partial charge on any atom is 0.0650 e. The molecule has 18 heavy (non-hydrogen) atoms. The molecule has 0 fully saturated rings. The molecule has 0 aliphatic heterocycles. The van der Waals surface area contributed by atoms with Crippen LogP contribution in [0.2, 0.25) is 0 Å². The van der Waals surface area contributed by atoms with E-state index >= 15 is 0 Å². The quantitative estimate of drug-likeness (QED) is 0.641. The minimum Gasteiger partial charge on any atom is -0.278 e. The zero-order valence-corrected chi connectivity index (χ0v) is 13.3. The first-order valence-electron chi connectivity index (χ1n) is 6.85. The van der Waals surface area contributed by atoms with Crippen molar-refractivity contribution in [1.82, 2.24) is 10.2 Å². The van der Waals surface area contributed by atoms with Crippen LogP contribution < -0.4 is 0 Å². The van der Waals surface area contributed by atoms with Crippen LogP contribution >= 0.6 is 0 Å². The van der Waals surface area contributed by atoms with Crippen molar-refractivity contribution >= 4 is 10.9 Å². The van der Waals surface area contributed by atoms with Gasteiger partial charge >= 0.3 is 0 Å². The normalized spacial score (nSPS) is 9.11. The van der Waals surface area contributed by atoms with E-state index in [0.717, 1.165) is 10.9 Å². The maximum atomic E-state index is 3.88. The van der Waals surface area contributed by atoms with E-state index in [2.05, 4.69) is 37.9 Å². The molecule has 0 atom stereocenters. The summed E-state index contributed by atoms with van der Waals surface area (Å²) in [7, 11) is 0. The third-order valence-corrected chi connectivity index (χ3v) is 1.35. The number of H-pyrrole nitrogens is 1. The van der Waals surface area contributed by atoms with Crippen molar-refractivity contribution in [2.75, 3.05) is 0 Å². The highest BCUT2D eigenvalue weighted by molar-refractivity contribution is 5.77. The monoisotopic (exact) mass is 250 g/mol. The molecule has 0 amide bonds. The molecule has 1 N–H and O–H groups in total. The van der Waals surface area contributed by atoms with Crippen molar-refractivity contribution < 1.29 is 0 Å². The summed E-state index contributed by atoms with van der Waals surface area (Å²) in [5, 5.41) is 7.91. The molecular formula is C16H30N2. The lowest BCUT2D eigenvalue weighted by Gasteiger charge is -2.05. The number of aromatic nitrogens is 2. The SMILES string of the molecule is CC.CC.CC(C)(C)C.c1ccc2[nH]ncc2c1. The van der Waals surface area contributed by atoms with Gasteiger partial charge in [0, 0.05) is 5.39 Å². The lowest BCUT2D eigenvalue weighted by molar-refractivity contribution is 0.469. The molecule has 2 aromatic rings. The number of hydrogen-bond acceptors (Lipinski definition) is 1. The van der Waals surface area contributed by atoms with Crippen LogP contribution in [0.1, 0.15) is 55.4 Å². The average Bonchev–Trinajstić information content (AvgIpc) is 2.80. The second kappa shape index (κ2) is 10.8. The third kappa shape index (κ3) is 11.2. The van der Waals surface area contributed by atoms with E-state index in [-0.39, 0.29) is 0 Å². The summed E-state index contributed by atoms with van der Waals surface area (Å²) in [6.07, 6.45) is 1.81. The summed E-state index contributed by atoms with van der Waals surface area (Å²) in [6, 6.07) is 8.01. The Morgan fingerprint density at radius 1 is 0.889 bits per heavy atom. The Hall–Kier alpha value is -1.31. The van der Waals surface area contributed by atoms with Crippen LogP contribution in [0.4, 0.5) is 0 Å². The Bertz CT molecular complexity index is 347. The highest BCUT2D eigenvalue weighted by Gasteiger charge is 1.95. The molecule has 1 aromatic carbocycles. The van der Waals surface area contributed by atoms with E-state index in [0.29, 0.717) is 5.41 Å². The van der Waals surface area contributed by atoms with E-state index in [4.69, 9.17) is 0 Å². The summed E-state index contributed by atoms with van der Waals surface area (Å²) in [5.74, 6) is 0. The Morgan fingerprint density at radius 3 is 1.78 bits per heavy atom. The van der Waals surface area contributed by atoms with Crippen molar-refractivity contribution in [3.63, 3.8) is 0 Å². The van der Waals surface area contributed by atoms with Crippen molar-refractivity contribution in [3.05, 3.63) is 30.5 Å². The van der Waals surface area contributed by atoms with Crippen LogP contribution in [0.15, 0.2) is 30.5 Å². The molecule has 0 saturated heterocycles. The predicted octanol–water partition coefficient (Wildman–Crippen LogP) is 5.67. The lowest BCUT2D eigenvalue weighted by Crippen LogP contribution is -1.93. The molecule has 2 heteroatoms. The lowest BCUT2D eigenvalue weighted by atomic mass is 10.0. The fourth-order valence-electron chi connectivity index (χ4n) is 0.883. The van der Waals surface area contributed by atoms with Gasteiger partial charge in [-0.25, -0.2) is 0 Å². The Kier molecular flexibility index (Phi) is 11.4. The summed E-state index contributed by atoms with van der Waals surface area (Å²) < 4.78 is 0. The molecule has 2 nitrogen and oxygen atoms in total. The number of aromatic amines is 1. The molecular weight excluding hydrogens is 220 g/mol. The third-order valence-electron chi connectivity index (χ3n) is 1.35. The fraction of sp³-hybridized carbons (Fsp3) is 0.562. The molecule has 0 radical (unpaired) electrons. The van der Waals surface area contributed by atoms with Gasteiger partial charge in [-0.3, -0.25) is 5.10 Å². The summed E-state index contributed by atoms with van der Waals surface area (Å²) in [5.41, 5.74) is 1.59. The zero-order valence-electron chi connectivity index (χ0n) is 13.3. The number of para-hydroxylation sites is 1. The van der Waals surface area contributed by atoms with Crippen LogP contribution in [0.3, 0.4) is 0 Å². The maximum absolute atomic E-state index is 3.88. The van der Waals surface area contributed by atoms with Gasteiger partial charge in [-0.2, -0.15) is 5.10 Å². The molecule has 104 valence electrons. The minimum atomic E-state index is 0.500. The largest absolute Gasteiger partial charge is 0.278 e. The van der Waals surface area contributed by atoms with Crippen LogP contribution in [-0.2, 0) is 0 Å². The minimum absolute atomic E-state index is 0.500. The van der Waals surface area contributed by atoms with Crippen LogP contribution in [0.5, 0.6) is 0 Å². The number of nitrogens with one attached hydrogen (secondary N) is 1. The van der Waals surface area contributed by atoms with Gasteiger partial charge in [-0.05, 0) is 11.5 Å². The van der Waals surface area contributed by atoms with Gasteiger partial charge in [0.15, 0.2) is 0 Å². The molecule has 0 aliphatic rings. The average molecular weight is 250 g/mol. The van der Waals surface area contributed by atoms with Gasteiger partial charge in [0.25, 0.3) is 0 Å². The second-order valence-electron chi connectivity index (χ2n) is 4.96. The fourth-order valence-corrected chi connectivity index (χ4v) is 0.883. The van der Waals surface area contributed by atoms with Crippen molar-refractivity contribution in [1.29, 1.82) is 0 Å². The van der Waals surface area contributed by atoms with Gasteiger partial charge in [0.05, 0.1) is 11.7 Å². The van der Waals surface area contributed by atoms with E-state index in [1.54, 1.807) is 0 Å². The number of nitrogens with zero attached hydrogens (tertiary/aromatic N) is 1.